The van der Waals surface area contributed by atoms with Crippen LogP contribution in [0.25, 0.3) is 0 Å². The molecule has 0 fully saturated rings. The molecule has 92 valence electrons. The number of nitrogens with zero attached hydrogens (tertiary/aromatic N) is 2. The summed E-state index contributed by atoms with van der Waals surface area (Å²) in [5, 5.41) is 8.69. The molecule has 0 aromatic rings. The molecule has 0 saturated carbocycles. The van der Waals surface area contributed by atoms with Crippen molar-refractivity contribution >= 4 is 10.2 Å². The Labute approximate surface area is 92.9 Å². The fourth-order valence-corrected chi connectivity index (χ4v) is 3.06. The predicted octanol–water partition coefficient (Wildman–Crippen LogP) is 0.277. The third-order valence-corrected chi connectivity index (χ3v) is 4.54. The molecule has 0 aliphatic carbocycles. The van der Waals surface area contributed by atoms with Crippen molar-refractivity contribution in [2.24, 2.45) is 0 Å². The molecule has 0 aliphatic heterocycles. The first-order chi connectivity index (χ1) is 7.04. The highest BCUT2D eigenvalue weighted by atomic mass is 32.2. The molecule has 0 aromatic heterocycles. The Kier molecular flexibility index (Phi) is 7.08. The molecule has 0 radical (unpaired) electrons. The van der Waals surface area contributed by atoms with Crippen molar-refractivity contribution < 1.29 is 13.5 Å². The van der Waals surface area contributed by atoms with Gasteiger partial charge in [-0.2, -0.15) is 17.0 Å². The molecule has 15 heavy (non-hydrogen) atoms. The SMILES string of the molecule is CCN(CC)S(=O)(=O)N(CC)CCCO. The lowest BCUT2D eigenvalue weighted by atomic mass is 10.4. The van der Waals surface area contributed by atoms with Gasteiger partial charge >= 0.3 is 0 Å². The summed E-state index contributed by atoms with van der Waals surface area (Å²) in [6.07, 6.45) is 0.480. The van der Waals surface area contributed by atoms with Crippen LogP contribution in [-0.2, 0) is 10.2 Å². The van der Waals surface area contributed by atoms with E-state index >= 15 is 0 Å². The van der Waals surface area contributed by atoms with Gasteiger partial charge in [-0.3, -0.25) is 0 Å². The van der Waals surface area contributed by atoms with E-state index in [4.69, 9.17) is 5.11 Å². The molecule has 0 heterocycles. The first-order valence-corrected chi connectivity index (χ1v) is 6.80. The van der Waals surface area contributed by atoms with E-state index in [0.29, 0.717) is 32.6 Å². The fraction of sp³-hybridized carbons (Fsp3) is 1.00. The number of hydrogen-bond donors (Lipinski definition) is 1. The highest BCUT2D eigenvalue weighted by Crippen LogP contribution is 2.08. The molecule has 0 aromatic carbocycles. The van der Waals surface area contributed by atoms with Crippen molar-refractivity contribution in [3.63, 3.8) is 0 Å². The second-order valence-electron chi connectivity index (χ2n) is 3.16. The Hall–Kier alpha value is -0.170. The monoisotopic (exact) mass is 238 g/mol. The van der Waals surface area contributed by atoms with Crippen LogP contribution in [0.3, 0.4) is 0 Å². The maximum atomic E-state index is 12.0. The molecular weight excluding hydrogens is 216 g/mol. The first kappa shape index (κ1) is 14.8. The minimum Gasteiger partial charge on any atom is -0.396 e. The minimum absolute atomic E-state index is 0.0181. The highest BCUT2D eigenvalue weighted by molar-refractivity contribution is 7.86. The van der Waals surface area contributed by atoms with E-state index in [1.54, 1.807) is 6.92 Å². The van der Waals surface area contributed by atoms with Crippen LogP contribution in [0.5, 0.6) is 0 Å². The van der Waals surface area contributed by atoms with Gasteiger partial charge in [0.15, 0.2) is 0 Å². The molecule has 0 amide bonds. The third kappa shape index (κ3) is 4.06. The Morgan fingerprint density at radius 3 is 1.80 bits per heavy atom. The first-order valence-electron chi connectivity index (χ1n) is 5.40. The highest BCUT2D eigenvalue weighted by Gasteiger charge is 2.25. The third-order valence-electron chi connectivity index (χ3n) is 2.28. The van der Waals surface area contributed by atoms with E-state index in [1.165, 1.54) is 8.61 Å². The fourth-order valence-electron chi connectivity index (χ4n) is 1.40. The van der Waals surface area contributed by atoms with Crippen molar-refractivity contribution in [1.82, 2.24) is 8.61 Å². The Bertz CT molecular complexity index is 250. The number of hydrogen-bond acceptors (Lipinski definition) is 3. The van der Waals surface area contributed by atoms with Crippen molar-refractivity contribution in [3.8, 4) is 0 Å². The van der Waals surface area contributed by atoms with Crippen LogP contribution in [-0.4, -0.2) is 54.9 Å². The predicted molar refractivity (Wildman–Crippen MR) is 60.8 cm³/mol. The summed E-state index contributed by atoms with van der Waals surface area (Å²) in [6.45, 7) is 7.25. The van der Waals surface area contributed by atoms with Gasteiger partial charge in [0, 0.05) is 32.8 Å². The summed E-state index contributed by atoms with van der Waals surface area (Å²) in [4.78, 5) is 0. The van der Waals surface area contributed by atoms with E-state index in [-0.39, 0.29) is 6.61 Å². The quantitative estimate of drug-likeness (QED) is 0.660. The van der Waals surface area contributed by atoms with Crippen LogP contribution >= 0.6 is 0 Å². The van der Waals surface area contributed by atoms with Crippen LogP contribution in [0, 0.1) is 0 Å². The van der Waals surface area contributed by atoms with Crippen LogP contribution in [0.4, 0.5) is 0 Å². The van der Waals surface area contributed by atoms with Crippen LogP contribution in [0.1, 0.15) is 27.2 Å². The molecule has 0 atom stereocenters. The lowest BCUT2D eigenvalue weighted by molar-refractivity contribution is 0.265. The molecule has 0 saturated heterocycles. The van der Waals surface area contributed by atoms with Gasteiger partial charge in [-0.05, 0) is 6.42 Å². The summed E-state index contributed by atoms with van der Waals surface area (Å²) in [6, 6.07) is 0. The Morgan fingerprint density at radius 1 is 1.00 bits per heavy atom. The number of aliphatic hydroxyl groups is 1. The minimum atomic E-state index is -3.33. The zero-order chi connectivity index (χ0) is 11.9. The normalized spacial score (nSPS) is 12.7. The zero-order valence-electron chi connectivity index (χ0n) is 9.81. The Balaban J connectivity index is 4.64. The van der Waals surface area contributed by atoms with Gasteiger partial charge in [0.2, 0.25) is 0 Å². The second kappa shape index (κ2) is 7.16. The molecule has 1 N–H and O–H groups in total. The molecule has 5 nitrogen and oxygen atoms in total. The van der Waals surface area contributed by atoms with Gasteiger partial charge in [0.1, 0.15) is 0 Å². The molecule has 0 rings (SSSR count). The lowest BCUT2D eigenvalue weighted by Gasteiger charge is -2.27. The van der Waals surface area contributed by atoms with Crippen molar-refractivity contribution in [2.45, 2.75) is 27.2 Å². The van der Waals surface area contributed by atoms with E-state index in [0.717, 1.165) is 0 Å². The average molecular weight is 238 g/mol. The molecule has 0 aliphatic rings. The van der Waals surface area contributed by atoms with Crippen LogP contribution in [0.2, 0.25) is 0 Å². The van der Waals surface area contributed by atoms with Gasteiger partial charge in [-0.1, -0.05) is 20.8 Å². The van der Waals surface area contributed by atoms with E-state index in [1.807, 2.05) is 13.8 Å². The molecular formula is C9H22N2O3S. The van der Waals surface area contributed by atoms with Gasteiger partial charge in [-0.15, -0.1) is 0 Å². The molecule has 0 spiro atoms. The second-order valence-corrected chi connectivity index (χ2v) is 5.09. The zero-order valence-corrected chi connectivity index (χ0v) is 10.6. The van der Waals surface area contributed by atoms with Crippen LogP contribution < -0.4 is 0 Å². The van der Waals surface area contributed by atoms with Crippen molar-refractivity contribution in [1.29, 1.82) is 0 Å². The molecule has 6 heteroatoms. The number of rotatable bonds is 8. The smallest absolute Gasteiger partial charge is 0.281 e. The lowest BCUT2D eigenvalue weighted by Crippen LogP contribution is -2.44. The summed E-state index contributed by atoms with van der Waals surface area (Å²) >= 11 is 0. The van der Waals surface area contributed by atoms with Gasteiger partial charge in [0.25, 0.3) is 10.2 Å². The maximum absolute atomic E-state index is 12.0. The summed E-state index contributed by atoms with van der Waals surface area (Å²) < 4.78 is 26.8. The van der Waals surface area contributed by atoms with Crippen molar-refractivity contribution in [2.75, 3.05) is 32.8 Å². The number of aliphatic hydroxyl groups excluding tert-OH is 1. The molecule has 0 bridgehead atoms. The largest absolute Gasteiger partial charge is 0.396 e. The van der Waals surface area contributed by atoms with Crippen molar-refractivity contribution in [3.05, 3.63) is 0 Å². The summed E-state index contributed by atoms with van der Waals surface area (Å²) in [5.41, 5.74) is 0. The average Bonchev–Trinajstić information content (AvgIpc) is 2.20. The van der Waals surface area contributed by atoms with Gasteiger partial charge < -0.3 is 5.11 Å². The Morgan fingerprint density at radius 2 is 1.47 bits per heavy atom. The summed E-state index contributed by atoms with van der Waals surface area (Å²) in [7, 11) is -3.33. The van der Waals surface area contributed by atoms with Crippen LogP contribution in [0.15, 0.2) is 0 Å². The molecule has 0 unspecified atom stereocenters. The van der Waals surface area contributed by atoms with E-state index < -0.39 is 10.2 Å². The topological polar surface area (TPSA) is 60.9 Å². The van der Waals surface area contributed by atoms with E-state index in [9.17, 15) is 8.42 Å². The van der Waals surface area contributed by atoms with Gasteiger partial charge in [-0.25, -0.2) is 0 Å². The standard InChI is InChI=1S/C9H22N2O3S/c1-4-10(5-2)15(13,14)11(6-3)8-7-9-12/h12H,4-9H2,1-3H3. The summed E-state index contributed by atoms with van der Waals surface area (Å²) in [5.74, 6) is 0. The van der Waals surface area contributed by atoms with Gasteiger partial charge in [0.05, 0.1) is 0 Å². The van der Waals surface area contributed by atoms with E-state index in [2.05, 4.69) is 0 Å². The maximum Gasteiger partial charge on any atom is 0.281 e.